The largest absolute Gasteiger partial charge is 0.368 e. The second-order valence-electron chi connectivity index (χ2n) is 4.48. The van der Waals surface area contributed by atoms with E-state index in [4.69, 9.17) is 4.74 Å². The van der Waals surface area contributed by atoms with Crippen molar-refractivity contribution in [3.05, 3.63) is 0 Å². The third-order valence-corrected chi connectivity index (χ3v) is 3.20. The van der Waals surface area contributed by atoms with Gasteiger partial charge in [0.15, 0.2) is 0 Å². The van der Waals surface area contributed by atoms with Crippen molar-refractivity contribution in [2.24, 2.45) is 0 Å². The number of ether oxygens (including phenoxy) is 1. The molecular weight excluding hydrogens is 234 g/mol. The lowest BCUT2D eigenvalue weighted by Gasteiger charge is -2.34. The van der Waals surface area contributed by atoms with Crippen molar-refractivity contribution in [1.29, 1.82) is 0 Å². The van der Waals surface area contributed by atoms with Gasteiger partial charge in [-0.25, -0.2) is 0 Å². The van der Waals surface area contributed by atoms with E-state index in [2.05, 4.69) is 16.0 Å². The molecule has 1 aliphatic heterocycles. The third kappa shape index (κ3) is 3.96. The lowest BCUT2D eigenvalue weighted by Crippen LogP contribution is -2.55. The molecule has 104 valence electrons. The second-order valence-corrected chi connectivity index (χ2v) is 4.48. The van der Waals surface area contributed by atoms with Gasteiger partial charge in [0.05, 0.1) is 6.54 Å². The van der Waals surface area contributed by atoms with Crippen LogP contribution >= 0.6 is 0 Å². The Labute approximate surface area is 108 Å². The van der Waals surface area contributed by atoms with Gasteiger partial charge in [-0.05, 0) is 32.4 Å². The molecule has 18 heavy (non-hydrogen) atoms. The topological polar surface area (TPSA) is 79.5 Å². The van der Waals surface area contributed by atoms with Crippen molar-refractivity contribution in [2.75, 3.05) is 33.3 Å². The van der Waals surface area contributed by atoms with E-state index in [-0.39, 0.29) is 18.4 Å². The number of carbonyl (C=O) groups excluding carboxylic acids is 2. The fourth-order valence-corrected chi connectivity index (χ4v) is 2.00. The van der Waals surface area contributed by atoms with E-state index in [1.165, 1.54) is 0 Å². The molecule has 0 bridgehead atoms. The summed E-state index contributed by atoms with van der Waals surface area (Å²) >= 11 is 0. The highest BCUT2D eigenvalue weighted by molar-refractivity contribution is 5.89. The minimum Gasteiger partial charge on any atom is -0.368 e. The van der Waals surface area contributed by atoms with Crippen molar-refractivity contribution in [1.82, 2.24) is 16.0 Å². The van der Waals surface area contributed by atoms with Gasteiger partial charge in [-0.15, -0.1) is 0 Å². The minimum absolute atomic E-state index is 0.0113. The van der Waals surface area contributed by atoms with Gasteiger partial charge >= 0.3 is 0 Å². The summed E-state index contributed by atoms with van der Waals surface area (Å²) in [4.78, 5) is 23.5. The van der Waals surface area contributed by atoms with Crippen LogP contribution in [-0.4, -0.2) is 50.7 Å². The van der Waals surface area contributed by atoms with Gasteiger partial charge in [0, 0.05) is 13.7 Å². The Kier molecular flexibility index (Phi) is 6.07. The van der Waals surface area contributed by atoms with Crippen LogP contribution in [0.25, 0.3) is 0 Å². The highest BCUT2D eigenvalue weighted by Gasteiger charge is 2.39. The van der Waals surface area contributed by atoms with Gasteiger partial charge in [0.2, 0.25) is 5.91 Å². The zero-order valence-electron chi connectivity index (χ0n) is 11.2. The first-order valence-electron chi connectivity index (χ1n) is 6.45. The van der Waals surface area contributed by atoms with Crippen LogP contribution in [0.1, 0.15) is 26.2 Å². The molecule has 3 N–H and O–H groups in total. The molecule has 0 radical (unpaired) electrons. The van der Waals surface area contributed by atoms with Crippen LogP contribution in [0.4, 0.5) is 0 Å². The van der Waals surface area contributed by atoms with Crippen LogP contribution in [-0.2, 0) is 14.3 Å². The first-order chi connectivity index (χ1) is 8.64. The smallest absolute Gasteiger partial charge is 0.252 e. The molecule has 0 aliphatic carbocycles. The predicted octanol–water partition coefficient (Wildman–Crippen LogP) is -0.603. The van der Waals surface area contributed by atoms with Crippen molar-refractivity contribution in [3.8, 4) is 0 Å². The van der Waals surface area contributed by atoms with Crippen LogP contribution in [0.2, 0.25) is 0 Å². The van der Waals surface area contributed by atoms with Gasteiger partial charge in [0.1, 0.15) is 5.60 Å². The summed E-state index contributed by atoms with van der Waals surface area (Å²) in [5.41, 5.74) is -0.781. The van der Waals surface area contributed by atoms with E-state index in [1.54, 1.807) is 7.11 Å². The molecule has 0 spiro atoms. The molecule has 1 aliphatic rings. The Balaban J connectivity index is 2.40. The van der Waals surface area contributed by atoms with Crippen LogP contribution in [0, 0.1) is 0 Å². The summed E-state index contributed by atoms with van der Waals surface area (Å²) in [5.74, 6) is -0.358. The van der Waals surface area contributed by atoms with Gasteiger partial charge in [-0.2, -0.15) is 0 Å². The quantitative estimate of drug-likeness (QED) is 0.593. The normalized spacial score (nSPS) is 18.1. The summed E-state index contributed by atoms with van der Waals surface area (Å²) < 4.78 is 5.37. The van der Waals surface area contributed by atoms with E-state index >= 15 is 0 Å². The molecule has 1 heterocycles. The maximum Gasteiger partial charge on any atom is 0.252 e. The van der Waals surface area contributed by atoms with Gasteiger partial charge in [-0.3, -0.25) is 9.59 Å². The molecule has 1 saturated heterocycles. The summed E-state index contributed by atoms with van der Waals surface area (Å²) in [6.45, 7) is 4.13. The molecule has 0 aromatic heterocycles. The predicted molar refractivity (Wildman–Crippen MR) is 68.2 cm³/mol. The van der Waals surface area contributed by atoms with Crippen molar-refractivity contribution < 1.29 is 14.3 Å². The summed E-state index contributed by atoms with van der Waals surface area (Å²) in [6.07, 6.45) is 2.14. The number of carbonyl (C=O) groups is 2. The van der Waals surface area contributed by atoms with Crippen LogP contribution < -0.4 is 16.0 Å². The number of piperidine rings is 1. The molecule has 1 fully saturated rings. The Morgan fingerprint density at radius 3 is 2.50 bits per heavy atom. The second kappa shape index (κ2) is 7.33. The number of methoxy groups -OCH3 is 1. The molecule has 2 amide bonds. The van der Waals surface area contributed by atoms with E-state index < -0.39 is 5.60 Å². The number of amides is 2. The maximum absolute atomic E-state index is 12.1. The maximum atomic E-state index is 12.1. The Morgan fingerprint density at radius 1 is 1.28 bits per heavy atom. The standard InChI is InChI=1S/C12H23N3O3/c1-3-6-14-10(16)9-15-11(17)12(18-2)4-7-13-8-5-12/h13H,3-9H2,1-2H3,(H,14,16)(H,15,17). The Hall–Kier alpha value is -1.14. The van der Waals surface area contributed by atoms with Gasteiger partial charge < -0.3 is 20.7 Å². The molecule has 0 unspecified atom stereocenters. The number of nitrogens with one attached hydrogen (secondary N) is 3. The highest BCUT2D eigenvalue weighted by atomic mass is 16.5. The SMILES string of the molecule is CCCNC(=O)CNC(=O)C1(OC)CCNCC1. The van der Waals surface area contributed by atoms with Crippen LogP contribution in [0.3, 0.4) is 0 Å². The Morgan fingerprint density at radius 2 is 1.94 bits per heavy atom. The molecule has 1 rings (SSSR count). The Bertz CT molecular complexity index is 288. The van der Waals surface area contributed by atoms with Crippen LogP contribution in [0.15, 0.2) is 0 Å². The first kappa shape index (κ1) is 14.9. The molecule has 0 aromatic carbocycles. The number of hydrogen-bond acceptors (Lipinski definition) is 4. The first-order valence-corrected chi connectivity index (χ1v) is 6.45. The summed E-state index contributed by atoms with van der Waals surface area (Å²) in [5, 5.41) is 8.55. The molecule has 6 heteroatoms. The van der Waals surface area contributed by atoms with Gasteiger partial charge in [-0.1, -0.05) is 6.92 Å². The molecule has 0 saturated carbocycles. The fraction of sp³-hybridized carbons (Fsp3) is 0.833. The van der Waals surface area contributed by atoms with Crippen molar-refractivity contribution >= 4 is 11.8 Å². The summed E-state index contributed by atoms with van der Waals surface area (Å²) in [6, 6.07) is 0. The van der Waals surface area contributed by atoms with E-state index in [0.717, 1.165) is 19.5 Å². The molecule has 0 aromatic rings. The molecule has 0 atom stereocenters. The van der Waals surface area contributed by atoms with Crippen molar-refractivity contribution in [2.45, 2.75) is 31.8 Å². The lowest BCUT2D eigenvalue weighted by molar-refractivity contribution is -0.147. The number of hydrogen-bond donors (Lipinski definition) is 3. The van der Waals surface area contributed by atoms with Crippen LogP contribution in [0.5, 0.6) is 0 Å². The zero-order valence-corrected chi connectivity index (χ0v) is 11.2. The lowest BCUT2D eigenvalue weighted by atomic mass is 9.91. The van der Waals surface area contributed by atoms with E-state index in [9.17, 15) is 9.59 Å². The molecular formula is C12H23N3O3. The summed E-state index contributed by atoms with van der Waals surface area (Å²) in [7, 11) is 1.54. The third-order valence-electron chi connectivity index (χ3n) is 3.20. The highest BCUT2D eigenvalue weighted by Crippen LogP contribution is 2.22. The monoisotopic (exact) mass is 257 g/mol. The average Bonchev–Trinajstić information content (AvgIpc) is 2.43. The van der Waals surface area contributed by atoms with Gasteiger partial charge in [0.25, 0.3) is 5.91 Å². The fourth-order valence-electron chi connectivity index (χ4n) is 2.00. The van der Waals surface area contributed by atoms with Crippen molar-refractivity contribution in [3.63, 3.8) is 0 Å². The minimum atomic E-state index is -0.781. The number of rotatable bonds is 6. The zero-order chi connectivity index (χ0) is 13.4. The average molecular weight is 257 g/mol. The van der Waals surface area contributed by atoms with E-state index in [0.29, 0.717) is 19.4 Å². The van der Waals surface area contributed by atoms with E-state index in [1.807, 2.05) is 6.92 Å². The molecule has 6 nitrogen and oxygen atoms in total.